The third kappa shape index (κ3) is 4.97. The second-order valence-electron chi connectivity index (χ2n) is 5.32. The molecule has 1 saturated heterocycles. The lowest BCUT2D eigenvalue weighted by Gasteiger charge is -2.18. The minimum atomic E-state index is 0.343. The molecule has 0 aromatic rings. The van der Waals surface area contributed by atoms with Crippen molar-refractivity contribution in [2.45, 2.75) is 52.5 Å². The normalized spacial score (nSPS) is 18.5. The zero-order valence-corrected chi connectivity index (χ0v) is 11.0. The molecule has 0 spiro atoms. The molecule has 0 aliphatic carbocycles. The van der Waals surface area contributed by atoms with Crippen LogP contribution >= 0.6 is 0 Å². The SMILES string of the molecule is CC(C)CC(C)NCCCN1CCCC1=O. The summed E-state index contributed by atoms with van der Waals surface area (Å²) in [7, 11) is 0. The molecule has 1 fully saturated rings. The Balaban J connectivity index is 2.01. The van der Waals surface area contributed by atoms with E-state index < -0.39 is 0 Å². The first kappa shape index (κ1) is 13.5. The van der Waals surface area contributed by atoms with E-state index in [-0.39, 0.29) is 0 Å². The van der Waals surface area contributed by atoms with Gasteiger partial charge in [-0.05, 0) is 38.6 Å². The fourth-order valence-corrected chi connectivity index (χ4v) is 2.35. The molecule has 1 amide bonds. The summed E-state index contributed by atoms with van der Waals surface area (Å²) in [4.78, 5) is 13.3. The Labute approximate surface area is 99.6 Å². The van der Waals surface area contributed by atoms with E-state index in [4.69, 9.17) is 0 Å². The van der Waals surface area contributed by atoms with Gasteiger partial charge in [0, 0.05) is 25.6 Å². The maximum atomic E-state index is 11.4. The lowest BCUT2D eigenvalue weighted by molar-refractivity contribution is -0.127. The quantitative estimate of drug-likeness (QED) is 0.674. The van der Waals surface area contributed by atoms with Crippen molar-refractivity contribution in [2.24, 2.45) is 5.92 Å². The standard InChI is InChI=1S/C13H26N2O/c1-11(2)10-12(3)14-7-5-9-15-8-4-6-13(15)16/h11-12,14H,4-10H2,1-3H3. The molecular formula is C13H26N2O. The second kappa shape index (κ2) is 6.89. The summed E-state index contributed by atoms with van der Waals surface area (Å²) in [5.41, 5.74) is 0. The minimum absolute atomic E-state index is 0.343. The van der Waals surface area contributed by atoms with Crippen molar-refractivity contribution in [1.82, 2.24) is 10.2 Å². The largest absolute Gasteiger partial charge is 0.343 e. The number of rotatable bonds is 7. The molecule has 1 atom stereocenters. The van der Waals surface area contributed by atoms with Gasteiger partial charge in [-0.3, -0.25) is 4.79 Å². The van der Waals surface area contributed by atoms with Gasteiger partial charge in [0.05, 0.1) is 0 Å². The second-order valence-corrected chi connectivity index (χ2v) is 5.32. The van der Waals surface area contributed by atoms with Gasteiger partial charge in [0.2, 0.25) is 5.91 Å². The van der Waals surface area contributed by atoms with Crippen LogP contribution in [0.4, 0.5) is 0 Å². The number of nitrogens with zero attached hydrogens (tertiary/aromatic N) is 1. The van der Waals surface area contributed by atoms with Crippen LogP contribution in [0.5, 0.6) is 0 Å². The summed E-state index contributed by atoms with van der Waals surface area (Å²) in [6, 6.07) is 0.592. The predicted octanol–water partition coefficient (Wildman–Crippen LogP) is 2.02. The van der Waals surface area contributed by atoms with E-state index in [0.717, 1.165) is 44.8 Å². The Morgan fingerprint density at radius 2 is 2.12 bits per heavy atom. The average molecular weight is 226 g/mol. The highest BCUT2D eigenvalue weighted by Crippen LogP contribution is 2.09. The van der Waals surface area contributed by atoms with Gasteiger partial charge in [-0.15, -0.1) is 0 Å². The van der Waals surface area contributed by atoms with Crippen molar-refractivity contribution in [1.29, 1.82) is 0 Å². The molecule has 0 bridgehead atoms. The Bertz CT molecular complexity index is 216. The van der Waals surface area contributed by atoms with Crippen molar-refractivity contribution in [2.75, 3.05) is 19.6 Å². The Kier molecular flexibility index (Phi) is 5.81. The number of hydrogen-bond acceptors (Lipinski definition) is 2. The van der Waals surface area contributed by atoms with Crippen LogP contribution < -0.4 is 5.32 Å². The van der Waals surface area contributed by atoms with E-state index in [9.17, 15) is 4.79 Å². The molecule has 1 unspecified atom stereocenters. The highest BCUT2D eigenvalue weighted by Gasteiger charge is 2.18. The molecule has 0 radical (unpaired) electrons. The maximum absolute atomic E-state index is 11.4. The van der Waals surface area contributed by atoms with Gasteiger partial charge in [0.25, 0.3) is 0 Å². The van der Waals surface area contributed by atoms with Crippen LogP contribution in [-0.4, -0.2) is 36.5 Å². The van der Waals surface area contributed by atoms with Gasteiger partial charge >= 0.3 is 0 Å². The first-order chi connectivity index (χ1) is 7.59. The Morgan fingerprint density at radius 3 is 2.69 bits per heavy atom. The maximum Gasteiger partial charge on any atom is 0.222 e. The molecule has 16 heavy (non-hydrogen) atoms. The summed E-state index contributed by atoms with van der Waals surface area (Å²) in [6.07, 6.45) is 4.12. The number of carbonyl (C=O) groups is 1. The monoisotopic (exact) mass is 226 g/mol. The molecule has 0 aromatic heterocycles. The molecule has 94 valence electrons. The Morgan fingerprint density at radius 1 is 1.38 bits per heavy atom. The predicted molar refractivity (Wildman–Crippen MR) is 67.4 cm³/mol. The third-order valence-corrected chi connectivity index (χ3v) is 3.09. The summed E-state index contributed by atoms with van der Waals surface area (Å²) in [5, 5.41) is 3.51. The number of likely N-dealkylation sites (tertiary alicyclic amines) is 1. The zero-order valence-electron chi connectivity index (χ0n) is 11.0. The van der Waals surface area contributed by atoms with E-state index in [0.29, 0.717) is 11.9 Å². The lowest BCUT2D eigenvalue weighted by atomic mass is 10.1. The number of carbonyl (C=O) groups excluding carboxylic acids is 1. The van der Waals surface area contributed by atoms with Crippen LogP contribution in [0.1, 0.15) is 46.5 Å². The first-order valence-corrected chi connectivity index (χ1v) is 6.60. The van der Waals surface area contributed by atoms with Crippen molar-refractivity contribution in [3.8, 4) is 0 Å². The van der Waals surface area contributed by atoms with E-state index in [1.807, 2.05) is 4.90 Å². The topological polar surface area (TPSA) is 32.3 Å². The van der Waals surface area contributed by atoms with Crippen LogP contribution in [0, 0.1) is 5.92 Å². The number of hydrogen-bond donors (Lipinski definition) is 1. The summed E-state index contributed by atoms with van der Waals surface area (Å²) in [6.45, 7) is 9.67. The van der Waals surface area contributed by atoms with E-state index >= 15 is 0 Å². The highest BCUT2D eigenvalue weighted by atomic mass is 16.2. The van der Waals surface area contributed by atoms with Crippen LogP contribution in [0.2, 0.25) is 0 Å². The van der Waals surface area contributed by atoms with Crippen molar-refractivity contribution >= 4 is 5.91 Å². The molecule has 1 rings (SSSR count). The van der Waals surface area contributed by atoms with Crippen molar-refractivity contribution in [3.05, 3.63) is 0 Å². The van der Waals surface area contributed by atoms with Gasteiger partial charge in [0.15, 0.2) is 0 Å². The lowest BCUT2D eigenvalue weighted by Crippen LogP contribution is -2.32. The first-order valence-electron chi connectivity index (χ1n) is 6.60. The fraction of sp³-hybridized carbons (Fsp3) is 0.923. The molecule has 3 heteroatoms. The number of amides is 1. The third-order valence-electron chi connectivity index (χ3n) is 3.09. The van der Waals surface area contributed by atoms with Gasteiger partial charge < -0.3 is 10.2 Å². The highest BCUT2D eigenvalue weighted by molar-refractivity contribution is 5.77. The molecule has 3 nitrogen and oxygen atoms in total. The molecule has 1 heterocycles. The van der Waals surface area contributed by atoms with Crippen LogP contribution in [0.25, 0.3) is 0 Å². The van der Waals surface area contributed by atoms with Crippen LogP contribution in [-0.2, 0) is 4.79 Å². The molecule has 1 aliphatic rings. The molecule has 0 saturated carbocycles. The smallest absolute Gasteiger partial charge is 0.222 e. The summed E-state index contributed by atoms with van der Waals surface area (Å²) >= 11 is 0. The van der Waals surface area contributed by atoms with E-state index in [2.05, 4.69) is 26.1 Å². The van der Waals surface area contributed by atoms with Gasteiger partial charge in [-0.25, -0.2) is 0 Å². The Hall–Kier alpha value is -0.570. The molecular weight excluding hydrogens is 200 g/mol. The summed E-state index contributed by atoms with van der Waals surface area (Å²) in [5.74, 6) is 1.10. The van der Waals surface area contributed by atoms with Crippen LogP contribution in [0.15, 0.2) is 0 Å². The van der Waals surface area contributed by atoms with Crippen molar-refractivity contribution in [3.63, 3.8) is 0 Å². The molecule has 1 aliphatic heterocycles. The van der Waals surface area contributed by atoms with Gasteiger partial charge in [-0.1, -0.05) is 13.8 Å². The zero-order chi connectivity index (χ0) is 12.0. The van der Waals surface area contributed by atoms with E-state index in [1.54, 1.807) is 0 Å². The summed E-state index contributed by atoms with van der Waals surface area (Å²) < 4.78 is 0. The van der Waals surface area contributed by atoms with E-state index in [1.165, 1.54) is 6.42 Å². The van der Waals surface area contributed by atoms with Crippen molar-refractivity contribution < 1.29 is 4.79 Å². The molecule has 0 aromatic carbocycles. The van der Waals surface area contributed by atoms with Gasteiger partial charge in [0.1, 0.15) is 0 Å². The molecule has 1 N–H and O–H groups in total. The van der Waals surface area contributed by atoms with Gasteiger partial charge in [-0.2, -0.15) is 0 Å². The number of nitrogens with one attached hydrogen (secondary N) is 1. The van der Waals surface area contributed by atoms with Crippen LogP contribution in [0.3, 0.4) is 0 Å². The fourth-order valence-electron chi connectivity index (χ4n) is 2.35. The average Bonchev–Trinajstić information content (AvgIpc) is 2.58. The minimum Gasteiger partial charge on any atom is -0.343 e.